The molecule has 0 bridgehead atoms. The molecule has 0 aliphatic rings. The Morgan fingerprint density at radius 3 is 0.774 bits per heavy atom. The minimum Gasteiger partial charge on any atom is -0.460 e. The molecule has 33 nitrogen and oxygen atoms in total. The van der Waals surface area contributed by atoms with Crippen LogP contribution < -0.4 is 26.6 Å². The van der Waals surface area contributed by atoms with Crippen molar-refractivity contribution in [2.75, 3.05) is 184 Å². The topological polar surface area (TPSA) is 418 Å². The van der Waals surface area contributed by atoms with Crippen molar-refractivity contribution in [1.29, 1.82) is 0 Å². The van der Waals surface area contributed by atoms with Gasteiger partial charge in [0.15, 0.2) is 28.9 Å². The average molecular weight is 1750 g/mol. The number of nitrogens with one attached hydrogen (secondary N) is 5. The molecule has 0 aliphatic carbocycles. The van der Waals surface area contributed by atoms with Crippen LogP contribution in [0.4, 0.5) is 0 Å². The van der Waals surface area contributed by atoms with Gasteiger partial charge in [-0.2, -0.15) is 0 Å². The lowest BCUT2D eigenvalue weighted by atomic mass is 10.0. The maximum absolute atomic E-state index is 12.2. The highest BCUT2D eigenvalue weighted by Gasteiger charge is 2.33. The lowest BCUT2D eigenvalue weighted by molar-refractivity contribution is -0.142. The fraction of sp³-hybridized carbons (Fsp3) is 0.505. The van der Waals surface area contributed by atoms with Crippen LogP contribution in [0.15, 0.2) is 189 Å². The number of nitrogens with zero attached hydrogens (tertiary/aromatic N) is 3. The van der Waals surface area contributed by atoms with E-state index in [1.807, 2.05) is 0 Å². The SMILES string of the molecule is C=C(C)C(=O)OCCOCCOCCOC(=O)C(=C)C.C=CC(=O)CCCCOCC(COCCCCC(=O)C=C)(COCCCNC(=O)C=C)NC(=O)C=C.C=CC(=O)CCCCOCCOCCOCCCCC(=O)C=C.C=CC(=O)CCCN(CCN(CCNC(=O)C=C)C(=O)C=C)C(=O)C=C.C=CC(=O)NCCN(CCNC(=O)C=C)C(=O)C=C. The van der Waals surface area contributed by atoms with Crippen LogP contribution in [0.3, 0.4) is 0 Å². The van der Waals surface area contributed by atoms with E-state index in [2.05, 4.69) is 125 Å². The summed E-state index contributed by atoms with van der Waals surface area (Å²) in [5.74, 6) is -3.21. The summed E-state index contributed by atoms with van der Waals surface area (Å²) in [6.45, 7) is 64.4. The lowest BCUT2D eigenvalue weighted by Gasteiger charge is -2.34. The molecular formula is C91H140N8O25. The van der Waals surface area contributed by atoms with Crippen molar-refractivity contribution >= 4 is 88.1 Å². The average Bonchev–Trinajstić information content (AvgIpc) is 0.842. The highest BCUT2D eigenvalue weighted by Crippen LogP contribution is 2.13. The third-order valence-electron chi connectivity index (χ3n) is 15.9. The smallest absolute Gasteiger partial charge is 0.333 e. The summed E-state index contributed by atoms with van der Waals surface area (Å²) in [7, 11) is 0. The van der Waals surface area contributed by atoms with Crippen molar-refractivity contribution in [3.63, 3.8) is 0 Å². The zero-order valence-corrected chi connectivity index (χ0v) is 73.6. The minimum atomic E-state index is -0.969. The maximum Gasteiger partial charge on any atom is 0.333 e. The summed E-state index contributed by atoms with van der Waals surface area (Å²) in [6, 6.07) is 0. The molecule has 0 fully saturated rings. The fourth-order valence-electron chi connectivity index (χ4n) is 9.05. The molecule has 0 atom stereocenters. The molecule has 0 aromatic carbocycles. The molecule has 0 saturated heterocycles. The predicted molar refractivity (Wildman–Crippen MR) is 478 cm³/mol. The van der Waals surface area contributed by atoms with Crippen molar-refractivity contribution in [2.24, 2.45) is 0 Å². The number of carbonyl (C=O) groups is 15. The zero-order chi connectivity index (χ0) is 94.3. The van der Waals surface area contributed by atoms with Crippen LogP contribution in [0, 0.1) is 0 Å². The van der Waals surface area contributed by atoms with Crippen molar-refractivity contribution in [1.82, 2.24) is 41.3 Å². The number of hydrogen-bond acceptors (Lipinski definition) is 25. The molecule has 33 heteroatoms. The Hall–Kier alpha value is -11.2. The molecule has 0 aromatic heterocycles. The molecule has 0 heterocycles. The third-order valence-corrected chi connectivity index (χ3v) is 15.9. The molecule has 0 radical (unpaired) electrons. The number of esters is 2. The van der Waals surface area contributed by atoms with Gasteiger partial charge >= 0.3 is 11.9 Å². The molecule has 694 valence electrons. The van der Waals surface area contributed by atoms with Gasteiger partial charge in [0.2, 0.25) is 47.3 Å². The van der Waals surface area contributed by atoms with Crippen LogP contribution in [-0.4, -0.2) is 293 Å². The zero-order valence-electron chi connectivity index (χ0n) is 73.6. The van der Waals surface area contributed by atoms with Gasteiger partial charge in [-0.1, -0.05) is 98.7 Å². The number of ether oxygens (including phenoxy) is 10. The van der Waals surface area contributed by atoms with Crippen molar-refractivity contribution in [3.8, 4) is 0 Å². The Balaban J connectivity index is -0.000000486. The number of carbonyl (C=O) groups excluding carboxylic acids is 15. The van der Waals surface area contributed by atoms with Gasteiger partial charge in [0.05, 0.1) is 72.7 Å². The number of amides is 8. The van der Waals surface area contributed by atoms with Gasteiger partial charge in [-0.05, 0) is 157 Å². The first-order valence-corrected chi connectivity index (χ1v) is 40.7. The van der Waals surface area contributed by atoms with Gasteiger partial charge in [0, 0.05) is 142 Å². The quantitative estimate of drug-likeness (QED) is 0.0228. The summed E-state index contributed by atoms with van der Waals surface area (Å²) in [4.78, 5) is 174. The van der Waals surface area contributed by atoms with Crippen LogP contribution in [0.1, 0.15) is 110 Å². The van der Waals surface area contributed by atoms with Gasteiger partial charge in [-0.15, -0.1) is 0 Å². The number of unbranched alkanes of at least 4 members (excludes halogenated alkanes) is 4. The second-order valence-electron chi connectivity index (χ2n) is 26.2. The van der Waals surface area contributed by atoms with E-state index in [-0.39, 0.29) is 129 Å². The first kappa shape index (κ1) is 121. The standard InChI is InChI=1S/C27H42N2O7.C19H27N3O4.C18H30O5.C14H22O6.C13H19N3O3/c1-5-23(30)14-9-11-17-34-20-27(29-26(33)8-4,21-35-18-12-10-15-24(31)6-2)22-36-19-13-16-28-25(32)7-3;1-5-16(23)10-9-12-21(18(25)7-3)14-15-22(19(26)8-4)13-11-20-17(24)6-2;1-3-17(19)9-5-7-11-21-13-15-23-16-14-22-12-8-6-10-18(20)4-2;1-11(2)13(15)19-9-7-17-5-6-18-8-10-20-14(16)12(3)4;1-4-11(17)14-7-9-16(13(19)6-3)10-8-15-12(18)5-2/h5-8H,1-4,9-22H2,(H,28,32)(H,29,33);5-8H,1-4,9-15H2,(H,20,24);3-4H,1-2,5-16H2;1,3,5-10H2,2,4H3;4-6H,1-3,7-10H2,(H,14,17)(H,15,18). The van der Waals surface area contributed by atoms with Crippen LogP contribution >= 0.6 is 0 Å². The van der Waals surface area contributed by atoms with E-state index in [1.54, 1.807) is 13.8 Å². The summed E-state index contributed by atoms with van der Waals surface area (Å²) >= 11 is 0. The molecule has 0 spiro atoms. The Labute approximate surface area is 734 Å². The van der Waals surface area contributed by atoms with Crippen molar-refractivity contribution < 1.29 is 119 Å². The van der Waals surface area contributed by atoms with E-state index in [0.29, 0.717) is 207 Å². The fourth-order valence-corrected chi connectivity index (χ4v) is 9.05. The van der Waals surface area contributed by atoms with Crippen molar-refractivity contribution in [3.05, 3.63) is 189 Å². The lowest BCUT2D eigenvalue weighted by Crippen LogP contribution is -2.58. The molecule has 0 saturated carbocycles. The number of rotatable bonds is 77. The van der Waals surface area contributed by atoms with Gasteiger partial charge in [0.25, 0.3) is 0 Å². The first-order chi connectivity index (χ1) is 59.4. The third kappa shape index (κ3) is 79.3. The van der Waals surface area contributed by atoms with Crippen LogP contribution in [0.5, 0.6) is 0 Å². The Kier molecular flexibility index (Phi) is 84.9. The van der Waals surface area contributed by atoms with Gasteiger partial charge in [0.1, 0.15) is 18.8 Å². The first-order valence-electron chi connectivity index (χ1n) is 40.7. The van der Waals surface area contributed by atoms with Gasteiger partial charge < -0.3 is 88.7 Å². The highest BCUT2D eigenvalue weighted by molar-refractivity contribution is 5.93. The molecule has 0 aliphatic heterocycles. The second-order valence-corrected chi connectivity index (χ2v) is 26.2. The summed E-state index contributed by atoms with van der Waals surface area (Å²) in [6.07, 6.45) is 25.3. The normalized spacial score (nSPS) is 10.0. The molecule has 124 heavy (non-hydrogen) atoms. The highest BCUT2D eigenvalue weighted by atomic mass is 16.6. The van der Waals surface area contributed by atoms with E-state index >= 15 is 0 Å². The van der Waals surface area contributed by atoms with Crippen molar-refractivity contribution in [2.45, 2.75) is 116 Å². The molecule has 0 unspecified atom stereocenters. The summed E-state index contributed by atoms with van der Waals surface area (Å²) in [5, 5.41) is 13.3. The molecule has 5 N–H and O–H groups in total. The Morgan fingerprint density at radius 2 is 0.500 bits per heavy atom. The second kappa shape index (κ2) is 86.8. The molecule has 0 aromatic rings. The Morgan fingerprint density at radius 1 is 0.258 bits per heavy atom. The Bertz CT molecular complexity index is 3130. The number of ketones is 5. The number of hydrogen-bond donors (Lipinski definition) is 5. The van der Waals surface area contributed by atoms with Crippen LogP contribution in [0.2, 0.25) is 0 Å². The van der Waals surface area contributed by atoms with E-state index in [9.17, 15) is 71.9 Å². The summed E-state index contributed by atoms with van der Waals surface area (Å²) < 4.78 is 53.7. The van der Waals surface area contributed by atoms with Crippen LogP contribution in [0.25, 0.3) is 0 Å². The monoisotopic (exact) mass is 1740 g/mol. The largest absolute Gasteiger partial charge is 0.460 e. The van der Waals surface area contributed by atoms with E-state index in [4.69, 9.17) is 47.4 Å². The minimum absolute atomic E-state index is 0.0107. The maximum atomic E-state index is 12.2. The van der Waals surface area contributed by atoms with E-state index in [0.717, 1.165) is 43.9 Å². The van der Waals surface area contributed by atoms with E-state index in [1.165, 1.54) is 75.5 Å². The van der Waals surface area contributed by atoms with E-state index < -0.39 is 23.4 Å². The molecular weight excluding hydrogens is 1610 g/mol. The predicted octanol–water partition coefficient (Wildman–Crippen LogP) is 7.22. The summed E-state index contributed by atoms with van der Waals surface area (Å²) in [5.41, 5.74) is -0.251. The van der Waals surface area contributed by atoms with Gasteiger partial charge in [-0.3, -0.25) is 62.3 Å². The number of allylic oxidation sites excluding steroid dienone is 5. The van der Waals surface area contributed by atoms with Gasteiger partial charge in [-0.25, -0.2) is 9.59 Å². The molecule has 8 amide bonds. The molecule has 0 rings (SSSR count). The van der Waals surface area contributed by atoms with Crippen LogP contribution in [-0.2, 0) is 119 Å².